The molecule has 1 fully saturated rings. The molecule has 19 heavy (non-hydrogen) atoms. The number of aryl methyl sites for hydroxylation is 1. The van der Waals surface area contributed by atoms with Gasteiger partial charge in [-0.25, -0.2) is 0 Å². The molecule has 4 heteroatoms. The molecule has 1 amide bonds. The van der Waals surface area contributed by atoms with Gasteiger partial charge in [-0.2, -0.15) is 0 Å². The highest BCUT2D eigenvalue weighted by Crippen LogP contribution is 2.31. The monoisotopic (exact) mass is 259 g/mol. The summed E-state index contributed by atoms with van der Waals surface area (Å²) in [5.74, 6) is 0.133. The van der Waals surface area contributed by atoms with Crippen molar-refractivity contribution in [2.24, 2.45) is 0 Å². The number of likely N-dealkylation sites (N-methyl/N-ethyl adjacent to an activating group) is 1. The molecule has 4 nitrogen and oxygen atoms in total. The third kappa shape index (κ3) is 2.27. The average Bonchev–Trinajstić information content (AvgIpc) is 2.95. The number of nitrogens with one attached hydrogen (secondary N) is 2. The summed E-state index contributed by atoms with van der Waals surface area (Å²) >= 11 is 0. The molecule has 1 atom stereocenters. The van der Waals surface area contributed by atoms with Gasteiger partial charge in [0.2, 0.25) is 5.91 Å². The number of carbonyl (C=O) groups is 1. The van der Waals surface area contributed by atoms with E-state index in [-0.39, 0.29) is 11.9 Å². The van der Waals surface area contributed by atoms with E-state index < -0.39 is 0 Å². The Bertz CT molecular complexity index is 486. The van der Waals surface area contributed by atoms with Gasteiger partial charge in [-0.15, -0.1) is 0 Å². The number of rotatable bonds is 2. The fraction of sp³-hybridized carbons (Fsp3) is 0.533. The number of amides is 1. The normalized spacial score (nSPS) is 21.7. The van der Waals surface area contributed by atoms with Crippen molar-refractivity contribution >= 4 is 17.3 Å². The van der Waals surface area contributed by atoms with Gasteiger partial charge < -0.3 is 15.5 Å². The Balaban J connectivity index is 1.87. The lowest BCUT2D eigenvalue weighted by molar-refractivity contribution is -0.121. The first kappa shape index (κ1) is 12.3. The summed E-state index contributed by atoms with van der Waals surface area (Å²) in [5, 5.41) is 6.20. The summed E-state index contributed by atoms with van der Waals surface area (Å²) < 4.78 is 0. The number of fused-ring (bicyclic) bond motifs is 1. The lowest BCUT2D eigenvalue weighted by Gasteiger charge is -2.27. The maximum Gasteiger partial charge on any atom is 0.242 e. The van der Waals surface area contributed by atoms with E-state index in [2.05, 4.69) is 33.7 Å². The highest BCUT2D eigenvalue weighted by molar-refractivity contribution is 5.85. The fourth-order valence-electron chi connectivity index (χ4n) is 3.15. The van der Waals surface area contributed by atoms with Gasteiger partial charge in [0.05, 0.1) is 0 Å². The maximum atomic E-state index is 11.9. The topological polar surface area (TPSA) is 44.4 Å². The molecule has 2 N–H and O–H groups in total. The highest BCUT2D eigenvalue weighted by Gasteiger charge is 2.30. The molecule has 1 aromatic rings. The van der Waals surface area contributed by atoms with Crippen LogP contribution < -0.4 is 15.5 Å². The van der Waals surface area contributed by atoms with Gasteiger partial charge >= 0.3 is 0 Å². The van der Waals surface area contributed by atoms with Crippen LogP contribution in [0.1, 0.15) is 24.8 Å². The van der Waals surface area contributed by atoms with E-state index >= 15 is 0 Å². The summed E-state index contributed by atoms with van der Waals surface area (Å²) in [7, 11) is 1.72. The third-order valence-corrected chi connectivity index (χ3v) is 4.16. The quantitative estimate of drug-likeness (QED) is 0.850. The molecule has 0 spiro atoms. The summed E-state index contributed by atoms with van der Waals surface area (Å²) in [6, 6.07) is 6.55. The van der Waals surface area contributed by atoms with Crippen LogP contribution in [0.2, 0.25) is 0 Å². The van der Waals surface area contributed by atoms with Crippen molar-refractivity contribution in [1.29, 1.82) is 0 Å². The molecule has 0 radical (unpaired) electrons. The number of anilines is 2. The third-order valence-electron chi connectivity index (χ3n) is 4.16. The number of benzene rings is 1. The van der Waals surface area contributed by atoms with Crippen molar-refractivity contribution in [2.45, 2.75) is 31.7 Å². The average molecular weight is 259 g/mol. The van der Waals surface area contributed by atoms with Crippen LogP contribution >= 0.6 is 0 Å². The van der Waals surface area contributed by atoms with Crippen LogP contribution in [0.3, 0.4) is 0 Å². The van der Waals surface area contributed by atoms with Gasteiger partial charge in [-0.3, -0.25) is 4.79 Å². The predicted molar refractivity (Wildman–Crippen MR) is 77.7 cm³/mol. The summed E-state index contributed by atoms with van der Waals surface area (Å²) in [6.07, 6.45) is 4.37. The van der Waals surface area contributed by atoms with Gasteiger partial charge in [0.15, 0.2) is 0 Å². The minimum absolute atomic E-state index is 0.000371. The molecule has 0 aromatic heterocycles. The predicted octanol–water partition coefficient (Wildman–Crippen LogP) is 1.76. The molecule has 102 valence electrons. The zero-order chi connectivity index (χ0) is 13.2. The molecule has 1 saturated heterocycles. The molecular weight excluding hydrogens is 238 g/mol. The number of nitrogens with zero attached hydrogens (tertiary/aromatic N) is 1. The Kier molecular flexibility index (Phi) is 3.32. The Morgan fingerprint density at radius 1 is 1.42 bits per heavy atom. The molecule has 2 aliphatic rings. The summed E-state index contributed by atoms with van der Waals surface area (Å²) in [4.78, 5) is 14.2. The molecule has 0 aliphatic carbocycles. The SMILES string of the molecule is CNC(=O)C1CCCN1c1ccc2c(c1)CCCN2. The minimum atomic E-state index is -0.000371. The second-order valence-electron chi connectivity index (χ2n) is 5.34. The van der Waals surface area contributed by atoms with Gasteiger partial charge in [0.1, 0.15) is 6.04 Å². The number of carbonyl (C=O) groups excluding carboxylic acids is 1. The molecule has 2 heterocycles. The Hall–Kier alpha value is -1.71. The van der Waals surface area contributed by atoms with Crippen molar-refractivity contribution in [3.05, 3.63) is 23.8 Å². The first-order valence-electron chi connectivity index (χ1n) is 7.14. The maximum absolute atomic E-state index is 11.9. The van der Waals surface area contributed by atoms with Gasteiger partial charge in [0.25, 0.3) is 0 Å². The van der Waals surface area contributed by atoms with E-state index in [0.29, 0.717) is 0 Å². The lowest BCUT2D eigenvalue weighted by atomic mass is 10.0. The first-order chi connectivity index (χ1) is 9.29. The van der Waals surface area contributed by atoms with Crippen molar-refractivity contribution in [2.75, 3.05) is 30.4 Å². The smallest absolute Gasteiger partial charge is 0.242 e. The summed E-state index contributed by atoms with van der Waals surface area (Å²) in [6.45, 7) is 2.04. The minimum Gasteiger partial charge on any atom is -0.385 e. The van der Waals surface area contributed by atoms with Crippen LogP contribution in [0, 0.1) is 0 Å². The molecular formula is C15H21N3O. The van der Waals surface area contributed by atoms with Crippen molar-refractivity contribution in [3.8, 4) is 0 Å². The standard InChI is InChI=1S/C15H21N3O/c1-16-15(19)14-5-3-9-18(14)12-6-7-13-11(10-12)4-2-8-17-13/h6-7,10,14,17H,2-5,8-9H2,1H3,(H,16,19). The van der Waals surface area contributed by atoms with E-state index in [1.165, 1.54) is 23.4 Å². The largest absolute Gasteiger partial charge is 0.385 e. The fourth-order valence-corrected chi connectivity index (χ4v) is 3.15. The van der Waals surface area contributed by atoms with Gasteiger partial charge in [-0.05, 0) is 49.4 Å². The second kappa shape index (κ2) is 5.11. The molecule has 1 unspecified atom stereocenters. The van der Waals surface area contributed by atoms with Crippen LogP contribution in [0.5, 0.6) is 0 Å². The zero-order valence-corrected chi connectivity index (χ0v) is 11.4. The van der Waals surface area contributed by atoms with E-state index in [4.69, 9.17) is 0 Å². The number of hydrogen-bond acceptors (Lipinski definition) is 3. The van der Waals surface area contributed by atoms with E-state index in [0.717, 1.165) is 32.4 Å². The number of hydrogen-bond donors (Lipinski definition) is 2. The van der Waals surface area contributed by atoms with Crippen LogP contribution in [-0.4, -0.2) is 32.1 Å². The second-order valence-corrected chi connectivity index (χ2v) is 5.34. The van der Waals surface area contributed by atoms with Crippen molar-refractivity contribution in [1.82, 2.24) is 5.32 Å². The van der Waals surface area contributed by atoms with Crippen LogP contribution in [0.15, 0.2) is 18.2 Å². The molecule has 0 bridgehead atoms. The molecule has 1 aromatic carbocycles. The van der Waals surface area contributed by atoms with Gasteiger partial charge in [0, 0.05) is 31.5 Å². The van der Waals surface area contributed by atoms with E-state index in [1.54, 1.807) is 7.05 Å². The van der Waals surface area contributed by atoms with E-state index in [1.807, 2.05) is 0 Å². The van der Waals surface area contributed by atoms with Crippen LogP contribution in [-0.2, 0) is 11.2 Å². The molecule has 3 rings (SSSR count). The Morgan fingerprint density at radius 2 is 2.32 bits per heavy atom. The van der Waals surface area contributed by atoms with Gasteiger partial charge in [-0.1, -0.05) is 0 Å². The highest BCUT2D eigenvalue weighted by atomic mass is 16.2. The molecule has 0 saturated carbocycles. The Morgan fingerprint density at radius 3 is 3.16 bits per heavy atom. The van der Waals surface area contributed by atoms with Crippen LogP contribution in [0.25, 0.3) is 0 Å². The zero-order valence-electron chi connectivity index (χ0n) is 11.4. The van der Waals surface area contributed by atoms with Crippen LogP contribution in [0.4, 0.5) is 11.4 Å². The van der Waals surface area contributed by atoms with Crippen molar-refractivity contribution in [3.63, 3.8) is 0 Å². The van der Waals surface area contributed by atoms with E-state index in [9.17, 15) is 4.79 Å². The first-order valence-corrected chi connectivity index (χ1v) is 7.14. The molecule has 2 aliphatic heterocycles. The lowest BCUT2D eigenvalue weighted by Crippen LogP contribution is -2.42. The summed E-state index contributed by atoms with van der Waals surface area (Å²) in [5.41, 5.74) is 3.82. The van der Waals surface area contributed by atoms with Crippen molar-refractivity contribution < 1.29 is 4.79 Å². The Labute approximate surface area is 114 Å².